The highest BCUT2D eigenvalue weighted by Crippen LogP contribution is 2.21. The van der Waals surface area contributed by atoms with Gasteiger partial charge in [0.2, 0.25) is 0 Å². The van der Waals surface area contributed by atoms with E-state index in [2.05, 4.69) is 5.10 Å². The summed E-state index contributed by atoms with van der Waals surface area (Å²) in [6.45, 7) is 0. The van der Waals surface area contributed by atoms with Gasteiger partial charge < -0.3 is 5.11 Å². The van der Waals surface area contributed by atoms with Gasteiger partial charge in [0.1, 0.15) is 5.82 Å². The highest BCUT2D eigenvalue weighted by molar-refractivity contribution is 6.19. The van der Waals surface area contributed by atoms with E-state index in [4.69, 9.17) is 5.11 Å². The van der Waals surface area contributed by atoms with Crippen LogP contribution in [0.5, 0.6) is 0 Å². The van der Waals surface area contributed by atoms with Crippen LogP contribution in [0.1, 0.15) is 0 Å². The molecule has 82 valence electrons. The summed E-state index contributed by atoms with van der Waals surface area (Å²) in [5.41, 5.74) is 0.213. The van der Waals surface area contributed by atoms with Gasteiger partial charge in [0.25, 0.3) is 5.91 Å². The van der Waals surface area contributed by atoms with Crippen molar-refractivity contribution in [3.05, 3.63) is 30.1 Å². The summed E-state index contributed by atoms with van der Waals surface area (Å²) in [4.78, 5) is 22.2. The first-order valence-corrected chi connectivity index (χ1v) is 4.46. The van der Waals surface area contributed by atoms with E-state index >= 15 is 0 Å². The van der Waals surface area contributed by atoms with Gasteiger partial charge in [-0.25, -0.2) is 4.39 Å². The lowest BCUT2D eigenvalue weighted by Crippen LogP contribution is -2.30. The van der Waals surface area contributed by atoms with Gasteiger partial charge in [0.05, 0.1) is 5.69 Å². The number of hydrazone groups is 1. The molecule has 1 N–H and O–H groups in total. The van der Waals surface area contributed by atoms with Crippen LogP contribution in [0.15, 0.2) is 29.4 Å². The fraction of sp³-hybridized carbons (Fsp3) is 0.100. The van der Waals surface area contributed by atoms with E-state index in [0.717, 1.165) is 17.3 Å². The summed E-state index contributed by atoms with van der Waals surface area (Å²) < 4.78 is 12.9. The van der Waals surface area contributed by atoms with Crippen molar-refractivity contribution in [2.45, 2.75) is 0 Å². The number of benzene rings is 1. The SMILES string of the molecule is O=C(O)C1C=NN(c2cccc(F)c2)C1=O. The maximum atomic E-state index is 12.9. The Morgan fingerprint density at radius 2 is 2.25 bits per heavy atom. The average Bonchev–Trinajstić information content (AvgIpc) is 2.60. The van der Waals surface area contributed by atoms with Crippen LogP contribution >= 0.6 is 0 Å². The van der Waals surface area contributed by atoms with Gasteiger partial charge in [0, 0.05) is 6.21 Å². The third kappa shape index (κ3) is 1.65. The molecule has 1 aliphatic rings. The van der Waals surface area contributed by atoms with Gasteiger partial charge in [-0.1, -0.05) is 6.07 Å². The standard InChI is InChI=1S/C10H7FN2O3/c11-6-2-1-3-7(4-6)13-9(14)8(5-12-13)10(15)16/h1-5,8H,(H,15,16). The Kier molecular flexibility index (Phi) is 2.40. The summed E-state index contributed by atoms with van der Waals surface area (Å²) in [5.74, 6) is -3.77. The van der Waals surface area contributed by atoms with Crippen LogP contribution in [0, 0.1) is 11.7 Å². The molecule has 0 aliphatic carbocycles. The zero-order chi connectivity index (χ0) is 11.7. The normalized spacial score (nSPS) is 19.2. The minimum absolute atomic E-state index is 0.213. The fourth-order valence-electron chi connectivity index (χ4n) is 1.36. The third-order valence-electron chi connectivity index (χ3n) is 2.12. The molecule has 16 heavy (non-hydrogen) atoms. The van der Waals surface area contributed by atoms with Gasteiger partial charge in [-0.2, -0.15) is 10.1 Å². The Morgan fingerprint density at radius 1 is 1.50 bits per heavy atom. The molecule has 0 saturated heterocycles. The van der Waals surface area contributed by atoms with Crippen molar-refractivity contribution < 1.29 is 19.1 Å². The molecule has 1 unspecified atom stereocenters. The van der Waals surface area contributed by atoms with Crippen molar-refractivity contribution in [1.82, 2.24) is 0 Å². The van der Waals surface area contributed by atoms with Crippen LogP contribution < -0.4 is 5.01 Å². The fourth-order valence-corrected chi connectivity index (χ4v) is 1.36. The number of carboxylic acids is 1. The van der Waals surface area contributed by atoms with Crippen LogP contribution in [-0.2, 0) is 9.59 Å². The van der Waals surface area contributed by atoms with E-state index in [1.807, 2.05) is 0 Å². The Balaban J connectivity index is 2.29. The molecule has 0 saturated carbocycles. The molecule has 1 aromatic rings. The number of carbonyl (C=O) groups excluding carboxylic acids is 1. The highest BCUT2D eigenvalue weighted by Gasteiger charge is 2.35. The number of aliphatic carboxylic acids is 1. The molecule has 1 heterocycles. The second-order valence-electron chi connectivity index (χ2n) is 3.21. The molecule has 0 aromatic heterocycles. The quantitative estimate of drug-likeness (QED) is 0.754. The summed E-state index contributed by atoms with van der Waals surface area (Å²) >= 11 is 0. The lowest BCUT2D eigenvalue weighted by Gasteiger charge is -2.12. The topological polar surface area (TPSA) is 70.0 Å². The second kappa shape index (κ2) is 3.73. The van der Waals surface area contributed by atoms with E-state index in [-0.39, 0.29) is 5.69 Å². The predicted molar refractivity (Wildman–Crippen MR) is 53.5 cm³/mol. The number of rotatable bonds is 2. The Morgan fingerprint density at radius 3 is 2.81 bits per heavy atom. The molecule has 5 nitrogen and oxygen atoms in total. The molecule has 1 aromatic carbocycles. The first kappa shape index (κ1) is 10.3. The highest BCUT2D eigenvalue weighted by atomic mass is 19.1. The minimum atomic E-state index is -1.29. The summed E-state index contributed by atoms with van der Waals surface area (Å²) in [6, 6.07) is 5.23. The minimum Gasteiger partial charge on any atom is -0.480 e. The van der Waals surface area contributed by atoms with Crippen LogP contribution in [0.25, 0.3) is 0 Å². The first-order chi connectivity index (χ1) is 7.59. The molecule has 0 bridgehead atoms. The van der Waals surface area contributed by atoms with Gasteiger partial charge in [-0.3, -0.25) is 9.59 Å². The van der Waals surface area contributed by atoms with Crippen molar-refractivity contribution in [3.8, 4) is 0 Å². The lowest BCUT2D eigenvalue weighted by molar-refractivity contribution is -0.142. The van der Waals surface area contributed by atoms with E-state index in [1.54, 1.807) is 0 Å². The number of nitrogens with zero attached hydrogens (tertiary/aromatic N) is 2. The van der Waals surface area contributed by atoms with E-state index in [1.165, 1.54) is 18.2 Å². The largest absolute Gasteiger partial charge is 0.480 e. The maximum Gasteiger partial charge on any atom is 0.321 e. The molecule has 1 aliphatic heterocycles. The van der Waals surface area contributed by atoms with E-state index in [9.17, 15) is 14.0 Å². The van der Waals surface area contributed by atoms with Crippen molar-refractivity contribution in [2.24, 2.45) is 11.0 Å². The smallest absolute Gasteiger partial charge is 0.321 e. The number of amides is 1. The summed E-state index contributed by atoms with van der Waals surface area (Å²) in [7, 11) is 0. The Bertz CT molecular complexity index is 487. The van der Waals surface area contributed by atoms with E-state index in [0.29, 0.717) is 0 Å². The second-order valence-corrected chi connectivity index (χ2v) is 3.21. The molecule has 0 radical (unpaired) electrons. The zero-order valence-corrected chi connectivity index (χ0v) is 8.00. The zero-order valence-electron chi connectivity index (χ0n) is 8.00. The monoisotopic (exact) mass is 222 g/mol. The Labute approximate surface area is 89.8 Å². The molecular formula is C10H7FN2O3. The van der Waals surface area contributed by atoms with Gasteiger partial charge in [-0.05, 0) is 18.2 Å². The van der Waals surface area contributed by atoms with Crippen molar-refractivity contribution >= 4 is 23.8 Å². The van der Waals surface area contributed by atoms with Crippen molar-refractivity contribution in [2.75, 3.05) is 5.01 Å². The molecule has 6 heteroatoms. The summed E-state index contributed by atoms with van der Waals surface area (Å²) in [6.07, 6.45) is 1.02. The van der Waals surface area contributed by atoms with Crippen molar-refractivity contribution in [1.29, 1.82) is 0 Å². The van der Waals surface area contributed by atoms with Gasteiger partial charge in [-0.15, -0.1) is 0 Å². The van der Waals surface area contributed by atoms with Crippen LogP contribution in [0.3, 0.4) is 0 Å². The molecule has 0 spiro atoms. The average molecular weight is 222 g/mol. The number of carboxylic acid groups (broad SMARTS) is 1. The summed E-state index contributed by atoms with van der Waals surface area (Å²) in [5, 5.41) is 13.2. The van der Waals surface area contributed by atoms with E-state index < -0.39 is 23.6 Å². The number of halogens is 1. The number of hydrogen-bond acceptors (Lipinski definition) is 3. The predicted octanol–water partition coefficient (Wildman–Crippen LogP) is 0.859. The molecule has 1 amide bonds. The molecular weight excluding hydrogens is 215 g/mol. The first-order valence-electron chi connectivity index (χ1n) is 4.46. The van der Waals surface area contributed by atoms with Crippen LogP contribution in [-0.4, -0.2) is 23.2 Å². The lowest BCUT2D eigenvalue weighted by atomic mass is 10.1. The number of hydrogen-bond donors (Lipinski definition) is 1. The molecule has 0 fully saturated rings. The number of carbonyl (C=O) groups is 2. The third-order valence-corrected chi connectivity index (χ3v) is 2.12. The maximum absolute atomic E-state index is 12.9. The molecule has 1 atom stereocenters. The van der Waals surface area contributed by atoms with Crippen LogP contribution in [0.2, 0.25) is 0 Å². The van der Waals surface area contributed by atoms with Gasteiger partial charge >= 0.3 is 5.97 Å². The molecule has 2 rings (SSSR count). The van der Waals surface area contributed by atoms with Crippen molar-refractivity contribution in [3.63, 3.8) is 0 Å². The van der Waals surface area contributed by atoms with Crippen LogP contribution in [0.4, 0.5) is 10.1 Å². The number of anilines is 1. The Hall–Kier alpha value is -2.24. The van der Waals surface area contributed by atoms with Gasteiger partial charge in [0.15, 0.2) is 5.92 Å².